The first-order valence-electron chi connectivity index (χ1n) is 5.13. The third-order valence-corrected chi connectivity index (χ3v) is 2.86. The van der Waals surface area contributed by atoms with Crippen molar-refractivity contribution in [1.82, 2.24) is 5.32 Å². The van der Waals surface area contributed by atoms with Crippen LogP contribution in [0.5, 0.6) is 0 Å². The number of carbonyl (C=O) groups excluding carboxylic acids is 1. The molecule has 0 aliphatic heterocycles. The maximum atomic E-state index is 11.2. The Kier molecular flexibility index (Phi) is 5.36. The van der Waals surface area contributed by atoms with Crippen LogP contribution in [0.2, 0.25) is 0 Å². The lowest BCUT2D eigenvalue weighted by Crippen LogP contribution is -2.28. The summed E-state index contributed by atoms with van der Waals surface area (Å²) in [5.41, 5.74) is 0. The smallest absolute Gasteiger partial charge is 0.307 e. The summed E-state index contributed by atoms with van der Waals surface area (Å²) in [5, 5.41) is 5.33. The van der Waals surface area contributed by atoms with Gasteiger partial charge in [-0.1, -0.05) is 6.07 Å². The Morgan fingerprint density at radius 1 is 1.67 bits per heavy atom. The molecule has 0 aliphatic rings. The molecule has 1 atom stereocenters. The Morgan fingerprint density at radius 2 is 2.47 bits per heavy atom. The highest BCUT2D eigenvalue weighted by molar-refractivity contribution is 7.09. The van der Waals surface area contributed by atoms with Crippen molar-refractivity contribution < 1.29 is 9.53 Å². The van der Waals surface area contributed by atoms with Crippen LogP contribution in [0.3, 0.4) is 0 Å². The molecule has 0 aliphatic carbocycles. The molecule has 1 unspecified atom stereocenters. The number of nitrogens with one attached hydrogen (secondary N) is 1. The van der Waals surface area contributed by atoms with E-state index in [0.717, 1.165) is 6.54 Å². The van der Waals surface area contributed by atoms with Gasteiger partial charge in [0, 0.05) is 17.5 Å². The van der Waals surface area contributed by atoms with E-state index in [-0.39, 0.29) is 12.0 Å². The topological polar surface area (TPSA) is 38.3 Å². The lowest BCUT2D eigenvalue weighted by atomic mass is 10.2. The van der Waals surface area contributed by atoms with Crippen molar-refractivity contribution in [2.45, 2.75) is 32.9 Å². The monoisotopic (exact) mass is 227 g/mol. The van der Waals surface area contributed by atoms with E-state index in [1.807, 2.05) is 25.3 Å². The number of carbonyl (C=O) groups is 1. The van der Waals surface area contributed by atoms with E-state index in [4.69, 9.17) is 4.74 Å². The van der Waals surface area contributed by atoms with Crippen LogP contribution >= 0.6 is 11.3 Å². The molecule has 1 rings (SSSR count). The summed E-state index contributed by atoms with van der Waals surface area (Å²) in [4.78, 5) is 12.4. The Morgan fingerprint density at radius 3 is 3.07 bits per heavy atom. The standard InChI is InChI=1S/C11H17NO2S/c1-3-14-11(13)7-9(2)12-8-10-5-4-6-15-10/h4-6,9,12H,3,7-8H2,1-2H3. The third kappa shape index (κ3) is 4.95. The fourth-order valence-electron chi connectivity index (χ4n) is 1.23. The van der Waals surface area contributed by atoms with Crippen molar-refractivity contribution in [2.24, 2.45) is 0 Å². The molecule has 0 saturated heterocycles. The van der Waals surface area contributed by atoms with Crippen LogP contribution in [-0.2, 0) is 16.1 Å². The van der Waals surface area contributed by atoms with Gasteiger partial charge in [0.15, 0.2) is 0 Å². The number of esters is 1. The summed E-state index contributed by atoms with van der Waals surface area (Å²) >= 11 is 1.72. The van der Waals surface area contributed by atoms with E-state index in [0.29, 0.717) is 13.0 Å². The second-order valence-corrected chi connectivity index (χ2v) is 4.40. The molecule has 1 aromatic rings. The second kappa shape index (κ2) is 6.58. The molecule has 0 amide bonds. The first kappa shape index (κ1) is 12.2. The van der Waals surface area contributed by atoms with Gasteiger partial charge in [-0.25, -0.2) is 0 Å². The molecule has 84 valence electrons. The van der Waals surface area contributed by atoms with Crippen LogP contribution < -0.4 is 5.32 Å². The van der Waals surface area contributed by atoms with E-state index < -0.39 is 0 Å². The van der Waals surface area contributed by atoms with Gasteiger partial charge in [0.25, 0.3) is 0 Å². The van der Waals surface area contributed by atoms with E-state index in [1.54, 1.807) is 11.3 Å². The van der Waals surface area contributed by atoms with Crippen molar-refractivity contribution >= 4 is 17.3 Å². The molecule has 0 fully saturated rings. The van der Waals surface area contributed by atoms with Crippen molar-refractivity contribution in [3.8, 4) is 0 Å². The van der Waals surface area contributed by atoms with Crippen molar-refractivity contribution in [3.63, 3.8) is 0 Å². The van der Waals surface area contributed by atoms with Gasteiger partial charge in [-0.05, 0) is 25.3 Å². The summed E-state index contributed by atoms with van der Waals surface area (Å²) in [6, 6.07) is 4.26. The predicted molar refractivity (Wildman–Crippen MR) is 61.9 cm³/mol. The third-order valence-electron chi connectivity index (χ3n) is 1.98. The predicted octanol–water partition coefficient (Wildman–Crippen LogP) is 2.18. The lowest BCUT2D eigenvalue weighted by Gasteiger charge is -2.11. The minimum Gasteiger partial charge on any atom is -0.466 e. The maximum absolute atomic E-state index is 11.2. The average molecular weight is 227 g/mol. The van der Waals surface area contributed by atoms with Crippen LogP contribution in [0.25, 0.3) is 0 Å². The molecule has 0 radical (unpaired) electrons. The minimum absolute atomic E-state index is 0.135. The van der Waals surface area contributed by atoms with Gasteiger partial charge in [0.05, 0.1) is 13.0 Å². The van der Waals surface area contributed by atoms with E-state index in [9.17, 15) is 4.79 Å². The zero-order valence-electron chi connectivity index (χ0n) is 9.16. The molecule has 3 nitrogen and oxygen atoms in total. The fraction of sp³-hybridized carbons (Fsp3) is 0.545. The Labute approximate surface area is 94.5 Å². The van der Waals surface area contributed by atoms with Crippen molar-refractivity contribution in [3.05, 3.63) is 22.4 Å². The van der Waals surface area contributed by atoms with Crippen LogP contribution in [0.15, 0.2) is 17.5 Å². The molecule has 4 heteroatoms. The Hall–Kier alpha value is -0.870. The quantitative estimate of drug-likeness (QED) is 0.757. The average Bonchev–Trinajstić information content (AvgIpc) is 2.67. The molecule has 15 heavy (non-hydrogen) atoms. The zero-order valence-corrected chi connectivity index (χ0v) is 9.97. The number of rotatable bonds is 6. The van der Waals surface area contributed by atoms with Crippen molar-refractivity contribution in [2.75, 3.05) is 6.61 Å². The SMILES string of the molecule is CCOC(=O)CC(C)NCc1cccs1. The van der Waals surface area contributed by atoms with Gasteiger partial charge >= 0.3 is 5.97 Å². The summed E-state index contributed by atoms with van der Waals surface area (Å²) in [7, 11) is 0. The van der Waals surface area contributed by atoms with Crippen LogP contribution in [-0.4, -0.2) is 18.6 Å². The summed E-state index contributed by atoms with van der Waals surface area (Å²) < 4.78 is 4.87. The fourth-order valence-corrected chi connectivity index (χ4v) is 1.89. The number of hydrogen-bond donors (Lipinski definition) is 1. The number of hydrogen-bond acceptors (Lipinski definition) is 4. The Bertz CT molecular complexity index is 285. The molecule has 0 aromatic carbocycles. The summed E-state index contributed by atoms with van der Waals surface area (Å²) in [5.74, 6) is -0.135. The summed E-state index contributed by atoms with van der Waals surface area (Å²) in [6.45, 7) is 5.08. The normalized spacial score (nSPS) is 12.4. The highest BCUT2D eigenvalue weighted by Crippen LogP contribution is 2.08. The molecule has 1 aromatic heterocycles. The maximum Gasteiger partial charge on any atom is 0.307 e. The first-order chi connectivity index (χ1) is 7.22. The van der Waals surface area contributed by atoms with Crippen molar-refractivity contribution in [1.29, 1.82) is 0 Å². The minimum atomic E-state index is -0.135. The molecule has 1 N–H and O–H groups in total. The van der Waals surface area contributed by atoms with Gasteiger partial charge in [-0.2, -0.15) is 0 Å². The zero-order chi connectivity index (χ0) is 11.1. The van der Waals surface area contributed by atoms with Gasteiger partial charge in [-0.3, -0.25) is 4.79 Å². The van der Waals surface area contributed by atoms with Crippen LogP contribution in [0.1, 0.15) is 25.1 Å². The number of ether oxygens (including phenoxy) is 1. The molecule has 0 saturated carbocycles. The molecule has 0 spiro atoms. The number of thiophene rings is 1. The van der Waals surface area contributed by atoms with Gasteiger partial charge in [0.1, 0.15) is 0 Å². The highest BCUT2D eigenvalue weighted by Gasteiger charge is 2.08. The van der Waals surface area contributed by atoms with E-state index in [2.05, 4.69) is 11.4 Å². The molecular formula is C11H17NO2S. The highest BCUT2D eigenvalue weighted by atomic mass is 32.1. The largest absolute Gasteiger partial charge is 0.466 e. The van der Waals surface area contributed by atoms with E-state index in [1.165, 1.54) is 4.88 Å². The second-order valence-electron chi connectivity index (χ2n) is 3.37. The van der Waals surface area contributed by atoms with Gasteiger partial charge in [-0.15, -0.1) is 11.3 Å². The first-order valence-corrected chi connectivity index (χ1v) is 6.01. The van der Waals surface area contributed by atoms with Gasteiger partial charge in [0.2, 0.25) is 0 Å². The van der Waals surface area contributed by atoms with Gasteiger partial charge < -0.3 is 10.1 Å². The summed E-state index contributed by atoms with van der Waals surface area (Å²) in [6.07, 6.45) is 0.430. The lowest BCUT2D eigenvalue weighted by molar-refractivity contribution is -0.143. The van der Waals surface area contributed by atoms with Crippen LogP contribution in [0, 0.1) is 0 Å². The molecular weight excluding hydrogens is 210 g/mol. The van der Waals surface area contributed by atoms with E-state index >= 15 is 0 Å². The van der Waals surface area contributed by atoms with Crippen LogP contribution in [0.4, 0.5) is 0 Å². The molecule has 1 heterocycles. The Balaban J connectivity index is 2.18. The molecule has 0 bridgehead atoms.